The molecule has 0 atom stereocenters. The third kappa shape index (κ3) is 2.20. The molecular weight excluding hydrogens is 260 g/mol. The monoisotopic (exact) mass is 272 g/mol. The van der Waals surface area contributed by atoms with Crippen molar-refractivity contribution >= 4 is 15.9 Å². The standard InChI is InChI=1S/C11H13BrO3/c1-13-9-6-11-10(14-7-15-11)5-8(9)3-2-4-12/h5-6H,2-4,7H2,1H3. The van der Waals surface area contributed by atoms with Gasteiger partial charge in [-0.2, -0.15) is 0 Å². The molecule has 1 heterocycles. The van der Waals surface area contributed by atoms with E-state index in [0.29, 0.717) is 6.79 Å². The molecule has 0 aliphatic carbocycles. The summed E-state index contributed by atoms with van der Waals surface area (Å²) in [5.74, 6) is 2.47. The minimum atomic E-state index is 0.306. The first kappa shape index (κ1) is 10.6. The highest BCUT2D eigenvalue weighted by atomic mass is 79.9. The maximum absolute atomic E-state index is 5.33. The summed E-state index contributed by atoms with van der Waals surface area (Å²) in [6.45, 7) is 0.306. The van der Waals surface area contributed by atoms with E-state index in [1.807, 2.05) is 12.1 Å². The van der Waals surface area contributed by atoms with Crippen molar-refractivity contribution < 1.29 is 14.2 Å². The lowest BCUT2D eigenvalue weighted by Gasteiger charge is -2.08. The molecule has 1 aromatic rings. The molecule has 0 aromatic heterocycles. The molecule has 1 aliphatic heterocycles. The van der Waals surface area contributed by atoms with Crippen LogP contribution in [0.4, 0.5) is 0 Å². The number of halogens is 1. The molecule has 0 spiro atoms. The summed E-state index contributed by atoms with van der Waals surface area (Å²) in [6.07, 6.45) is 2.06. The highest BCUT2D eigenvalue weighted by Gasteiger charge is 2.17. The average Bonchev–Trinajstić information content (AvgIpc) is 2.71. The predicted molar refractivity (Wildman–Crippen MR) is 61.2 cm³/mol. The van der Waals surface area contributed by atoms with Crippen molar-refractivity contribution in [3.8, 4) is 17.2 Å². The number of rotatable bonds is 4. The summed E-state index contributed by atoms with van der Waals surface area (Å²) in [5, 5.41) is 0.991. The Morgan fingerprint density at radius 3 is 2.73 bits per heavy atom. The normalized spacial score (nSPS) is 12.9. The van der Waals surface area contributed by atoms with Crippen molar-refractivity contribution in [1.29, 1.82) is 0 Å². The number of benzene rings is 1. The fraction of sp³-hybridized carbons (Fsp3) is 0.455. The highest BCUT2D eigenvalue weighted by molar-refractivity contribution is 9.09. The molecule has 2 rings (SSSR count). The summed E-state index contributed by atoms with van der Waals surface area (Å²) in [5.41, 5.74) is 1.17. The molecule has 0 amide bonds. The molecule has 3 nitrogen and oxygen atoms in total. The quantitative estimate of drug-likeness (QED) is 0.789. The number of hydrogen-bond acceptors (Lipinski definition) is 3. The SMILES string of the molecule is COc1cc2c(cc1CCCBr)OCO2. The van der Waals surface area contributed by atoms with Crippen LogP contribution in [0.25, 0.3) is 0 Å². The topological polar surface area (TPSA) is 27.7 Å². The van der Waals surface area contributed by atoms with E-state index in [2.05, 4.69) is 15.9 Å². The Hall–Kier alpha value is -0.900. The van der Waals surface area contributed by atoms with Gasteiger partial charge in [0.1, 0.15) is 5.75 Å². The van der Waals surface area contributed by atoms with E-state index in [0.717, 1.165) is 35.4 Å². The second-order valence-corrected chi connectivity index (χ2v) is 4.10. The largest absolute Gasteiger partial charge is 0.496 e. The fourth-order valence-corrected chi connectivity index (χ4v) is 1.89. The Labute approximate surface area is 97.5 Å². The van der Waals surface area contributed by atoms with Gasteiger partial charge in [-0.05, 0) is 24.5 Å². The van der Waals surface area contributed by atoms with Crippen molar-refractivity contribution in [1.82, 2.24) is 0 Å². The van der Waals surface area contributed by atoms with Crippen LogP contribution < -0.4 is 14.2 Å². The van der Waals surface area contributed by atoms with Gasteiger partial charge in [-0.15, -0.1) is 0 Å². The molecule has 0 N–H and O–H groups in total. The minimum absolute atomic E-state index is 0.306. The Kier molecular flexibility index (Phi) is 3.36. The van der Waals surface area contributed by atoms with Gasteiger partial charge in [0.05, 0.1) is 7.11 Å². The number of methoxy groups -OCH3 is 1. The molecule has 0 radical (unpaired) electrons. The van der Waals surface area contributed by atoms with Crippen molar-refractivity contribution in [2.45, 2.75) is 12.8 Å². The van der Waals surface area contributed by atoms with Crippen LogP contribution in [-0.4, -0.2) is 19.2 Å². The zero-order chi connectivity index (χ0) is 10.7. The van der Waals surface area contributed by atoms with Crippen molar-refractivity contribution in [3.63, 3.8) is 0 Å². The first-order valence-corrected chi connectivity index (χ1v) is 5.99. The molecule has 1 aromatic carbocycles. The van der Waals surface area contributed by atoms with Gasteiger partial charge in [0.2, 0.25) is 6.79 Å². The van der Waals surface area contributed by atoms with Crippen LogP contribution in [0.15, 0.2) is 12.1 Å². The van der Waals surface area contributed by atoms with Crippen LogP contribution in [0.1, 0.15) is 12.0 Å². The third-order valence-corrected chi connectivity index (χ3v) is 2.92. The van der Waals surface area contributed by atoms with Gasteiger partial charge in [-0.1, -0.05) is 15.9 Å². The van der Waals surface area contributed by atoms with Gasteiger partial charge in [-0.3, -0.25) is 0 Å². The van der Waals surface area contributed by atoms with Crippen LogP contribution in [-0.2, 0) is 6.42 Å². The molecule has 0 saturated carbocycles. The maximum Gasteiger partial charge on any atom is 0.231 e. The maximum atomic E-state index is 5.33. The summed E-state index contributed by atoms with van der Waals surface area (Å²) in [4.78, 5) is 0. The van der Waals surface area contributed by atoms with Crippen LogP contribution in [0.5, 0.6) is 17.2 Å². The molecule has 0 unspecified atom stereocenters. The molecule has 15 heavy (non-hydrogen) atoms. The second-order valence-electron chi connectivity index (χ2n) is 3.31. The Balaban J connectivity index is 2.27. The van der Waals surface area contributed by atoms with Crippen LogP contribution in [0.3, 0.4) is 0 Å². The summed E-state index contributed by atoms with van der Waals surface area (Å²) in [7, 11) is 1.68. The third-order valence-electron chi connectivity index (χ3n) is 2.36. The van der Waals surface area contributed by atoms with Crippen LogP contribution in [0.2, 0.25) is 0 Å². The number of ether oxygens (including phenoxy) is 3. The lowest BCUT2D eigenvalue weighted by molar-refractivity contribution is 0.174. The second kappa shape index (κ2) is 4.75. The Morgan fingerprint density at radius 2 is 2.07 bits per heavy atom. The van der Waals surface area contributed by atoms with Crippen LogP contribution in [0, 0.1) is 0 Å². The molecular formula is C11H13BrO3. The molecule has 0 bridgehead atoms. The first-order chi connectivity index (χ1) is 7.35. The molecule has 82 valence electrons. The van der Waals surface area contributed by atoms with E-state index in [-0.39, 0.29) is 0 Å². The summed E-state index contributed by atoms with van der Waals surface area (Å²) in [6, 6.07) is 3.90. The first-order valence-electron chi connectivity index (χ1n) is 4.87. The Bertz CT molecular complexity index is 352. The van der Waals surface area contributed by atoms with Crippen molar-refractivity contribution in [3.05, 3.63) is 17.7 Å². The average molecular weight is 273 g/mol. The number of alkyl halides is 1. The summed E-state index contributed by atoms with van der Waals surface area (Å²) >= 11 is 3.42. The number of aryl methyl sites for hydroxylation is 1. The van der Waals surface area contributed by atoms with E-state index in [9.17, 15) is 0 Å². The lowest BCUT2D eigenvalue weighted by atomic mass is 10.1. The van der Waals surface area contributed by atoms with E-state index in [1.54, 1.807) is 7.11 Å². The molecule has 0 saturated heterocycles. The van der Waals surface area contributed by atoms with Gasteiger partial charge in [0, 0.05) is 11.4 Å². The van der Waals surface area contributed by atoms with E-state index in [1.165, 1.54) is 5.56 Å². The lowest BCUT2D eigenvalue weighted by Crippen LogP contribution is -1.93. The number of hydrogen-bond donors (Lipinski definition) is 0. The van der Waals surface area contributed by atoms with Crippen molar-refractivity contribution in [2.75, 3.05) is 19.2 Å². The summed E-state index contributed by atoms with van der Waals surface area (Å²) < 4.78 is 15.9. The smallest absolute Gasteiger partial charge is 0.231 e. The van der Waals surface area contributed by atoms with E-state index < -0.39 is 0 Å². The van der Waals surface area contributed by atoms with E-state index in [4.69, 9.17) is 14.2 Å². The molecule has 1 aliphatic rings. The van der Waals surface area contributed by atoms with E-state index >= 15 is 0 Å². The fourth-order valence-electron chi connectivity index (χ4n) is 1.61. The molecule has 0 fully saturated rings. The zero-order valence-corrected chi connectivity index (χ0v) is 10.2. The zero-order valence-electron chi connectivity index (χ0n) is 8.59. The predicted octanol–water partition coefficient (Wildman–Crippen LogP) is 2.75. The van der Waals surface area contributed by atoms with Crippen molar-refractivity contribution in [2.24, 2.45) is 0 Å². The van der Waals surface area contributed by atoms with Gasteiger partial charge in [0.25, 0.3) is 0 Å². The van der Waals surface area contributed by atoms with Gasteiger partial charge < -0.3 is 14.2 Å². The highest BCUT2D eigenvalue weighted by Crippen LogP contribution is 2.38. The van der Waals surface area contributed by atoms with Gasteiger partial charge in [-0.25, -0.2) is 0 Å². The number of fused-ring (bicyclic) bond motifs is 1. The van der Waals surface area contributed by atoms with Gasteiger partial charge in [0.15, 0.2) is 11.5 Å². The minimum Gasteiger partial charge on any atom is -0.496 e. The van der Waals surface area contributed by atoms with Crippen LogP contribution >= 0.6 is 15.9 Å². The Morgan fingerprint density at radius 1 is 1.33 bits per heavy atom. The van der Waals surface area contributed by atoms with Gasteiger partial charge >= 0.3 is 0 Å². The molecule has 4 heteroatoms.